The molecule has 0 aliphatic carbocycles. The van der Waals surface area contributed by atoms with Crippen LogP contribution in [0.25, 0.3) is 0 Å². The largest absolute Gasteiger partial charge is 0.388 e. The molecule has 0 aromatic heterocycles. The first kappa shape index (κ1) is 18.8. The van der Waals surface area contributed by atoms with Gasteiger partial charge in [0.15, 0.2) is 0 Å². The standard InChI is InChI=1S/C8H12.C7H8.C2H6O/c1-4-6-8(3)7-5-2;1-7-5-3-2-4-6-7;1-3-2/h4-7H,1H2,2-3H3;2-6H,1H3;1-2H3/b7-5-,8-6-;;. The molecule has 0 unspecified atom stereocenters. The van der Waals surface area contributed by atoms with Crippen molar-refractivity contribution in [2.75, 3.05) is 14.2 Å². The molecule has 1 aromatic rings. The van der Waals surface area contributed by atoms with Gasteiger partial charge in [-0.2, -0.15) is 0 Å². The fraction of sp³-hybridized carbons (Fsp3) is 0.294. The molecule has 0 amide bonds. The predicted octanol–water partition coefficient (Wildman–Crippen LogP) is 4.95. The molecule has 0 saturated carbocycles. The maximum atomic E-state index is 4.25. The number of allylic oxidation sites excluding steroid dienone is 5. The average molecular weight is 246 g/mol. The Morgan fingerprint density at radius 3 is 1.94 bits per heavy atom. The zero-order valence-corrected chi connectivity index (χ0v) is 12.3. The molecule has 0 spiro atoms. The summed E-state index contributed by atoms with van der Waals surface area (Å²) in [5.74, 6) is 0. The van der Waals surface area contributed by atoms with Gasteiger partial charge in [0.1, 0.15) is 0 Å². The highest BCUT2D eigenvalue weighted by molar-refractivity contribution is 5.19. The normalized spacial score (nSPS) is 9.94. The molecule has 0 N–H and O–H groups in total. The van der Waals surface area contributed by atoms with Crippen molar-refractivity contribution in [1.82, 2.24) is 0 Å². The molecule has 0 saturated heterocycles. The SMILES string of the molecule is C=C/C=C(C)\C=C/C.COC.Cc1ccccc1. The molecular formula is C17H26O. The summed E-state index contributed by atoms with van der Waals surface area (Å²) in [6.07, 6.45) is 7.81. The van der Waals surface area contributed by atoms with Crippen molar-refractivity contribution in [3.63, 3.8) is 0 Å². The second-order valence-electron chi connectivity index (χ2n) is 3.71. The molecular weight excluding hydrogens is 220 g/mol. The summed E-state index contributed by atoms with van der Waals surface area (Å²) in [6.45, 7) is 9.70. The maximum absolute atomic E-state index is 4.25. The Labute approximate surface area is 113 Å². The number of aryl methyl sites for hydroxylation is 1. The summed E-state index contributed by atoms with van der Waals surface area (Å²) in [7, 11) is 3.25. The van der Waals surface area contributed by atoms with Gasteiger partial charge in [-0.1, -0.05) is 72.4 Å². The molecule has 0 aliphatic heterocycles. The molecule has 0 aliphatic rings. The first-order valence-electron chi connectivity index (χ1n) is 5.96. The lowest BCUT2D eigenvalue weighted by Crippen LogP contribution is -1.62. The number of methoxy groups -OCH3 is 1. The molecule has 0 fully saturated rings. The monoisotopic (exact) mass is 246 g/mol. The van der Waals surface area contributed by atoms with Gasteiger partial charge in [-0.15, -0.1) is 0 Å². The van der Waals surface area contributed by atoms with Gasteiger partial charge in [0.05, 0.1) is 0 Å². The van der Waals surface area contributed by atoms with E-state index >= 15 is 0 Å². The van der Waals surface area contributed by atoms with E-state index in [0.717, 1.165) is 0 Å². The fourth-order valence-corrected chi connectivity index (χ4v) is 1.04. The van der Waals surface area contributed by atoms with Gasteiger partial charge in [-0.05, 0) is 20.8 Å². The van der Waals surface area contributed by atoms with E-state index in [1.165, 1.54) is 11.1 Å². The van der Waals surface area contributed by atoms with Crippen molar-refractivity contribution in [2.45, 2.75) is 20.8 Å². The van der Waals surface area contributed by atoms with Gasteiger partial charge in [0.2, 0.25) is 0 Å². The average Bonchev–Trinajstić information content (AvgIpc) is 2.32. The lowest BCUT2D eigenvalue weighted by atomic mass is 10.2. The summed E-state index contributed by atoms with van der Waals surface area (Å²) in [4.78, 5) is 0. The van der Waals surface area contributed by atoms with Crippen LogP contribution >= 0.6 is 0 Å². The van der Waals surface area contributed by atoms with Crippen molar-refractivity contribution in [3.8, 4) is 0 Å². The van der Waals surface area contributed by atoms with Gasteiger partial charge >= 0.3 is 0 Å². The van der Waals surface area contributed by atoms with Crippen molar-refractivity contribution in [3.05, 3.63) is 72.4 Å². The molecule has 1 aromatic carbocycles. The van der Waals surface area contributed by atoms with Crippen molar-refractivity contribution >= 4 is 0 Å². The van der Waals surface area contributed by atoms with Crippen LogP contribution in [0.5, 0.6) is 0 Å². The number of hydrogen-bond acceptors (Lipinski definition) is 1. The Morgan fingerprint density at radius 2 is 1.67 bits per heavy atom. The molecule has 0 heterocycles. The predicted molar refractivity (Wildman–Crippen MR) is 82.9 cm³/mol. The van der Waals surface area contributed by atoms with Gasteiger partial charge in [0, 0.05) is 14.2 Å². The third kappa shape index (κ3) is 16.8. The molecule has 1 nitrogen and oxygen atoms in total. The quantitative estimate of drug-likeness (QED) is 0.671. The van der Waals surface area contributed by atoms with E-state index < -0.39 is 0 Å². The van der Waals surface area contributed by atoms with Gasteiger partial charge in [-0.3, -0.25) is 0 Å². The highest BCUT2D eigenvalue weighted by Gasteiger charge is 1.72. The molecule has 18 heavy (non-hydrogen) atoms. The molecule has 0 atom stereocenters. The Bertz CT molecular complexity index is 334. The minimum absolute atomic E-state index is 1.24. The van der Waals surface area contributed by atoms with Gasteiger partial charge in [0.25, 0.3) is 0 Å². The maximum Gasteiger partial charge on any atom is 0.0351 e. The zero-order chi connectivity index (χ0) is 14.2. The molecule has 100 valence electrons. The van der Waals surface area contributed by atoms with Crippen molar-refractivity contribution in [1.29, 1.82) is 0 Å². The second kappa shape index (κ2) is 15.4. The molecule has 1 rings (SSSR count). The van der Waals surface area contributed by atoms with Crippen LogP contribution in [-0.4, -0.2) is 14.2 Å². The van der Waals surface area contributed by atoms with Gasteiger partial charge < -0.3 is 4.74 Å². The first-order valence-corrected chi connectivity index (χ1v) is 5.96. The lowest BCUT2D eigenvalue weighted by Gasteiger charge is -1.82. The highest BCUT2D eigenvalue weighted by Crippen LogP contribution is 1.93. The lowest BCUT2D eigenvalue weighted by molar-refractivity contribution is 0.277. The minimum atomic E-state index is 1.24. The summed E-state index contributed by atoms with van der Waals surface area (Å²) in [5.41, 5.74) is 2.56. The zero-order valence-electron chi connectivity index (χ0n) is 12.3. The van der Waals surface area contributed by atoms with Crippen LogP contribution in [0.2, 0.25) is 0 Å². The second-order valence-corrected chi connectivity index (χ2v) is 3.71. The van der Waals surface area contributed by atoms with Crippen molar-refractivity contribution in [2.24, 2.45) is 0 Å². The van der Waals surface area contributed by atoms with E-state index in [0.29, 0.717) is 0 Å². The third-order valence-electron chi connectivity index (χ3n) is 1.75. The van der Waals surface area contributed by atoms with E-state index in [-0.39, 0.29) is 0 Å². The van der Waals surface area contributed by atoms with Crippen LogP contribution in [0, 0.1) is 6.92 Å². The van der Waals surface area contributed by atoms with E-state index in [1.807, 2.05) is 50.3 Å². The Hall–Kier alpha value is -1.60. The number of rotatable bonds is 2. The van der Waals surface area contributed by atoms with Crippen LogP contribution in [0.4, 0.5) is 0 Å². The molecule has 1 heteroatoms. The fourth-order valence-electron chi connectivity index (χ4n) is 1.04. The number of ether oxygens (including phenoxy) is 1. The Kier molecular flexibility index (Phi) is 16.0. The van der Waals surface area contributed by atoms with Crippen molar-refractivity contribution < 1.29 is 4.74 Å². The summed E-state index contributed by atoms with van der Waals surface area (Å²) in [5, 5.41) is 0. The van der Waals surface area contributed by atoms with E-state index in [9.17, 15) is 0 Å². The number of hydrogen-bond donors (Lipinski definition) is 0. The topological polar surface area (TPSA) is 9.23 Å². The van der Waals surface area contributed by atoms with Crippen LogP contribution in [0.15, 0.2) is 66.8 Å². The Morgan fingerprint density at radius 1 is 1.17 bits per heavy atom. The van der Waals surface area contributed by atoms with Crippen LogP contribution < -0.4 is 0 Å². The van der Waals surface area contributed by atoms with E-state index in [2.05, 4.69) is 30.4 Å². The summed E-state index contributed by atoms with van der Waals surface area (Å²) >= 11 is 0. The number of benzene rings is 1. The minimum Gasteiger partial charge on any atom is -0.388 e. The third-order valence-corrected chi connectivity index (χ3v) is 1.75. The first-order chi connectivity index (χ1) is 8.62. The van der Waals surface area contributed by atoms with E-state index in [1.54, 1.807) is 20.3 Å². The summed E-state index contributed by atoms with van der Waals surface area (Å²) in [6, 6.07) is 10.3. The highest BCUT2D eigenvalue weighted by atomic mass is 16.4. The van der Waals surface area contributed by atoms with E-state index in [4.69, 9.17) is 0 Å². The molecule has 0 bridgehead atoms. The summed E-state index contributed by atoms with van der Waals surface area (Å²) < 4.78 is 4.25. The van der Waals surface area contributed by atoms with Crippen LogP contribution in [0.1, 0.15) is 19.4 Å². The smallest absolute Gasteiger partial charge is 0.0351 e. The Balaban J connectivity index is 0. The van der Waals surface area contributed by atoms with Gasteiger partial charge in [-0.25, -0.2) is 0 Å². The van der Waals surface area contributed by atoms with Crippen LogP contribution in [-0.2, 0) is 4.74 Å². The van der Waals surface area contributed by atoms with Crippen LogP contribution in [0.3, 0.4) is 0 Å². The molecule has 0 radical (unpaired) electrons.